The fourth-order valence-electron chi connectivity index (χ4n) is 6.45. The summed E-state index contributed by atoms with van der Waals surface area (Å²) in [6.07, 6.45) is 10.2. The van der Waals surface area contributed by atoms with E-state index in [4.69, 9.17) is 10.4 Å². The third-order valence-corrected chi connectivity index (χ3v) is 7.70. The van der Waals surface area contributed by atoms with Gasteiger partial charge in [-0.15, -0.1) is 0 Å². The van der Waals surface area contributed by atoms with Crippen molar-refractivity contribution >= 4 is 5.97 Å². The number of fused-ring (bicyclic) bond motifs is 3. The third-order valence-electron chi connectivity index (χ3n) is 7.70. The lowest BCUT2D eigenvalue weighted by Crippen LogP contribution is -2.50. The number of carbonyl (C=O) groups is 1. The smallest absolute Gasteiger partial charge is 0.303 e. The molecule has 0 heterocycles. The van der Waals surface area contributed by atoms with Gasteiger partial charge in [-0.05, 0) is 86.4 Å². The van der Waals surface area contributed by atoms with E-state index >= 15 is 0 Å². The molecule has 0 radical (unpaired) electrons. The predicted octanol–water partition coefficient (Wildman–Crippen LogP) is 5.18. The number of carboxylic acids is 1. The Labute approximate surface area is 146 Å². The second-order valence-corrected chi connectivity index (χ2v) is 8.79. The molecular formula is C21H31NO2. The molecule has 0 bridgehead atoms. The zero-order valence-corrected chi connectivity index (χ0v) is 15.0. The van der Waals surface area contributed by atoms with Crippen LogP contribution < -0.4 is 0 Å². The number of nitrogens with zero attached hydrogens (tertiary/aromatic N) is 1. The van der Waals surface area contributed by atoms with Gasteiger partial charge in [0.1, 0.15) is 0 Å². The van der Waals surface area contributed by atoms with Crippen LogP contribution in [0.25, 0.3) is 0 Å². The average Bonchev–Trinajstić information content (AvgIpc) is 2.53. The Morgan fingerprint density at radius 2 is 2.17 bits per heavy atom. The molecular weight excluding hydrogens is 298 g/mol. The molecule has 0 aliphatic heterocycles. The zero-order valence-electron chi connectivity index (χ0n) is 15.0. The maximum atomic E-state index is 11.1. The fourth-order valence-corrected chi connectivity index (χ4v) is 6.45. The Hall–Kier alpha value is -1.30. The molecule has 0 spiro atoms. The van der Waals surface area contributed by atoms with Crippen LogP contribution in [-0.4, -0.2) is 11.1 Å². The van der Waals surface area contributed by atoms with Crippen molar-refractivity contribution in [1.82, 2.24) is 0 Å². The molecule has 0 saturated heterocycles. The molecule has 24 heavy (non-hydrogen) atoms. The van der Waals surface area contributed by atoms with E-state index < -0.39 is 5.97 Å². The third kappa shape index (κ3) is 3.13. The number of hydrogen-bond donors (Lipinski definition) is 1. The number of carboxylic acid groups (broad SMARTS) is 1. The topological polar surface area (TPSA) is 61.1 Å². The van der Waals surface area contributed by atoms with Crippen LogP contribution in [-0.2, 0) is 4.79 Å². The Bertz CT molecular complexity index is 549. The highest BCUT2D eigenvalue weighted by Crippen LogP contribution is 2.62. The summed E-state index contributed by atoms with van der Waals surface area (Å²) in [7, 11) is 0. The highest BCUT2D eigenvalue weighted by Gasteiger charge is 2.53. The van der Waals surface area contributed by atoms with Gasteiger partial charge in [-0.25, -0.2) is 0 Å². The molecule has 3 saturated carbocycles. The minimum Gasteiger partial charge on any atom is -0.481 e. The molecule has 0 unspecified atom stereocenters. The van der Waals surface area contributed by atoms with Gasteiger partial charge in [0.2, 0.25) is 0 Å². The summed E-state index contributed by atoms with van der Waals surface area (Å²) in [5, 5.41) is 18.1. The number of hydrogen-bond acceptors (Lipinski definition) is 2. The van der Waals surface area contributed by atoms with Gasteiger partial charge in [0, 0.05) is 12.8 Å². The van der Waals surface area contributed by atoms with Crippen LogP contribution in [0.15, 0.2) is 12.2 Å². The predicted molar refractivity (Wildman–Crippen MR) is 94.1 cm³/mol. The molecule has 3 nitrogen and oxygen atoms in total. The Morgan fingerprint density at radius 1 is 1.38 bits per heavy atom. The quantitative estimate of drug-likeness (QED) is 0.723. The molecule has 0 amide bonds. The monoisotopic (exact) mass is 329 g/mol. The SMILES string of the molecule is C=C1CC[C@H]2[C@@H](CC[C@H]3C[C@@H](CC(=O)O)CC[C@@]32C)[C@@H]1CCC#N. The van der Waals surface area contributed by atoms with Gasteiger partial charge in [-0.3, -0.25) is 4.79 Å². The standard InChI is InChI=1S/C21H31NO2/c1-14-5-8-19-18(17(14)4-3-11-22)7-6-16-12-15(13-20(23)24)9-10-21(16,19)2/h15-19H,1,3-10,12-13H2,2H3,(H,23,24)/t15-,16-,17+,18-,19-,21-/m0/s1. The van der Waals surface area contributed by atoms with Crippen LogP contribution in [0.1, 0.15) is 71.1 Å². The first-order valence-electron chi connectivity index (χ1n) is 9.72. The highest BCUT2D eigenvalue weighted by molar-refractivity contribution is 5.67. The molecule has 0 aromatic heterocycles. The van der Waals surface area contributed by atoms with Crippen molar-refractivity contribution in [2.45, 2.75) is 71.1 Å². The van der Waals surface area contributed by atoms with Crippen molar-refractivity contribution in [3.8, 4) is 6.07 Å². The number of allylic oxidation sites excluding steroid dienone is 1. The molecule has 3 aliphatic carbocycles. The summed E-state index contributed by atoms with van der Waals surface area (Å²) in [5.41, 5.74) is 1.76. The summed E-state index contributed by atoms with van der Waals surface area (Å²) in [6.45, 7) is 6.82. The van der Waals surface area contributed by atoms with Gasteiger partial charge in [0.25, 0.3) is 0 Å². The van der Waals surface area contributed by atoms with Crippen molar-refractivity contribution in [2.75, 3.05) is 0 Å². The Balaban J connectivity index is 1.75. The summed E-state index contributed by atoms with van der Waals surface area (Å²) >= 11 is 0. The van der Waals surface area contributed by atoms with Crippen molar-refractivity contribution < 1.29 is 9.90 Å². The first kappa shape index (κ1) is 17.5. The average molecular weight is 329 g/mol. The molecule has 3 aliphatic rings. The lowest BCUT2D eigenvalue weighted by Gasteiger charge is -2.58. The van der Waals surface area contributed by atoms with Crippen LogP contribution in [0.5, 0.6) is 0 Å². The van der Waals surface area contributed by atoms with Gasteiger partial charge in [-0.2, -0.15) is 5.26 Å². The first-order valence-corrected chi connectivity index (χ1v) is 9.72. The van der Waals surface area contributed by atoms with E-state index in [-0.39, 0.29) is 0 Å². The van der Waals surface area contributed by atoms with E-state index in [1.54, 1.807) is 0 Å². The van der Waals surface area contributed by atoms with E-state index in [9.17, 15) is 4.79 Å². The molecule has 3 rings (SSSR count). The molecule has 0 aromatic rings. The minimum atomic E-state index is -0.636. The molecule has 1 N–H and O–H groups in total. The second kappa shape index (κ2) is 6.90. The van der Waals surface area contributed by atoms with Crippen molar-refractivity contribution in [3.05, 3.63) is 12.2 Å². The lowest BCUT2D eigenvalue weighted by molar-refractivity contribution is -0.140. The van der Waals surface area contributed by atoms with E-state index in [1.165, 1.54) is 31.3 Å². The van der Waals surface area contributed by atoms with E-state index in [1.807, 2.05) is 0 Å². The van der Waals surface area contributed by atoms with Crippen LogP contribution in [0.3, 0.4) is 0 Å². The maximum Gasteiger partial charge on any atom is 0.303 e. The van der Waals surface area contributed by atoms with Crippen LogP contribution in [0.4, 0.5) is 0 Å². The molecule has 0 aromatic carbocycles. The molecule has 3 fully saturated rings. The van der Waals surface area contributed by atoms with Gasteiger partial charge in [0.15, 0.2) is 0 Å². The van der Waals surface area contributed by atoms with Gasteiger partial charge in [-0.1, -0.05) is 19.1 Å². The van der Waals surface area contributed by atoms with E-state index in [0.717, 1.165) is 31.6 Å². The van der Waals surface area contributed by atoms with Crippen molar-refractivity contribution in [3.63, 3.8) is 0 Å². The van der Waals surface area contributed by atoms with Crippen LogP contribution in [0.2, 0.25) is 0 Å². The minimum absolute atomic E-state index is 0.349. The number of nitriles is 1. The second-order valence-electron chi connectivity index (χ2n) is 8.79. The highest BCUT2D eigenvalue weighted by atomic mass is 16.4. The largest absolute Gasteiger partial charge is 0.481 e. The molecule has 132 valence electrons. The normalized spacial score (nSPS) is 41.8. The molecule has 6 atom stereocenters. The van der Waals surface area contributed by atoms with E-state index in [2.05, 4.69) is 19.6 Å². The summed E-state index contributed by atoms with van der Waals surface area (Å²) in [5.74, 6) is 2.43. The number of aliphatic carboxylic acids is 1. The van der Waals surface area contributed by atoms with Gasteiger partial charge in [0.05, 0.1) is 6.07 Å². The zero-order chi connectivity index (χ0) is 17.3. The maximum absolute atomic E-state index is 11.1. The van der Waals surface area contributed by atoms with Crippen molar-refractivity contribution in [2.24, 2.45) is 35.0 Å². The summed E-state index contributed by atoms with van der Waals surface area (Å²) in [4.78, 5) is 11.1. The number of rotatable bonds is 4. The van der Waals surface area contributed by atoms with Crippen LogP contribution >= 0.6 is 0 Å². The Kier molecular flexibility index (Phi) is 5.04. The summed E-state index contributed by atoms with van der Waals surface area (Å²) in [6, 6.07) is 2.32. The fraction of sp³-hybridized carbons (Fsp3) is 0.810. The van der Waals surface area contributed by atoms with Gasteiger partial charge >= 0.3 is 5.97 Å². The van der Waals surface area contributed by atoms with E-state index in [0.29, 0.717) is 41.9 Å². The van der Waals surface area contributed by atoms with Crippen LogP contribution in [0, 0.1) is 46.3 Å². The van der Waals surface area contributed by atoms with Gasteiger partial charge < -0.3 is 5.11 Å². The Morgan fingerprint density at radius 3 is 2.88 bits per heavy atom. The summed E-state index contributed by atoms with van der Waals surface area (Å²) < 4.78 is 0. The first-order chi connectivity index (χ1) is 11.5. The van der Waals surface area contributed by atoms with Crippen molar-refractivity contribution in [1.29, 1.82) is 5.26 Å². The lowest BCUT2D eigenvalue weighted by atomic mass is 9.46. The molecule has 3 heteroatoms.